The zero-order chi connectivity index (χ0) is 16.9. The minimum absolute atomic E-state index is 0.329. The summed E-state index contributed by atoms with van der Waals surface area (Å²) in [6.07, 6.45) is 0. The molecule has 0 heterocycles. The Kier molecular flexibility index (Phi) is 5.36. The summed E-state index contributed by atoms with van der Waals surface area (Å²) in [7, 11) is -3.92. The van der Waals surface area contributed by atoms with Gasteiger partial charge in [-0.05, 0) is 23.4 Å². The third-order valence-electron chi connectivity index (χ3n) is 3.13. The fourth-order valence-electron chi connectivity index (χ4n) is 2.09. The Morgan fingerprint density at radius 3 is 2.35 bits per heavy atom. The van der Waals surface area contributed by atoms with Gasteiger partial charge in [-0.1, -0.05) is 42.5 Å². The number of nitro benzene ring substituents is 1. The van der Waals surface area contributed by atoms with Crippen LogP contribution in [0.4, 0.5) is 5.69 Å². The molecule has 0 aliphatic rings. The highest BCUT2D eigenvalue weighted by Gasteiger charge is 2.29. The first-order valence-electron chi connectivity index (χ1n) is 6.51. The second kappa shape index (κ2) is 7.26. The Labute approximate surface area is 137 Å². The van der Waals surface area contributed by atoms with Crippen LogP contribution in [-0.4, -0.2) is 19.1 Å². The topological polar surface area (TPSA) is 101 Å². The Balaban J connectivity index is 2.40. The lowest BCUT2D eigenvalue weighted by Crippen LogP contribution is -2.14. The van der Waals surface area contributed by atoms with E-state index < -0.39 is 25.7 Å². The van der Waals surface area contributed by atoms with E-state index in [4.69, 9.17) is 5.26 Å². The van der Waals surface area contributed by atoms with Gasteiger partial charge in [0.2, 0.25) is 0 Å². The quantitative estimate of drug-likeness (QED) is 0.451. The van der Waals surface area contributed by atoms with Crippen molar-refractivity contribution >= 4 is 27.3 Å². The van der Waals surface area contributed by atoms with Crippen LogP contribution in [0, 0.1) is 20.8 Å². The van der Waals surface area contributed by atoms with Crippen LogP contribution in [0.1, 0.15) is 10.8 Å². The SMILES string of the molecule is N#CSC(CS(=O)(=O)c1ccccc1[N+](=O)[O-])c1ccccc1. The minimum atomic E-state index is -3.92. The predicted octanol–water partition coefficient (Wildman–Crippen LogP) is 3.32. The smallest absolute Gasteiger partial charge is 0.258 e. The number of nitriles is 1. The molecule has 2 aromatic carbocycles. The van der Waals surface area contributed by atoms with Crippen LogP contribution in [0.2, 0.25) is 0 Å². The third kappa shape index (κ3) is 4.09. The standard InChI is InChI=1S/C15H12N2O4S2/c16-11-22-14(12-6-2-1-3-7-12)10-23(20,21)15-9-5-4-8-13(15)17(18)19/h1-9,14H,10H2. The molecule has 0 bridgehead atoms. The number of hydrogen-bond donors (Lipinski definition) is 0. The van der Waals surface area contributed by atoms with Gasteiger partial charge in [0, 0.05) is 6.07 Å². The number of thioether (sulfide) groups is 1. The summed E-state index contributed by atoms with van der Waals surface area (Å²) in [6.45, 7) is 0. The van der Waals surface area contributed by atoms with Crippen molar-refractivity contribution in [2.45, 2.75) is 10.1 Å². The lowest BCUT2D eigenvalue weighted by atomic mass is 10.2. The van der Waals surface area contributed by atoms with Crippen LogP contribution in [0.3, 0.4) is 0 Å². The molecule has 0 saturated carbocycles. The van der Waals surface area contributed by atoms with Gasteiger partial charge in [0.05, 0.1) is 15.9 Å². The van der Waals surface area contributed by atoms with E-state index in [2.05, 4.69) is 0 Å². The van der Waals surface area contributed by atoms with Crippen molar-refractivity contribution in [1.29, 1.82) is 5.26 Å². The molecular formula is C15H12N2O4S2. The average Bonchev–Trinajstić information content (AvgIpc) is 2.55. The predicted molar refractivity (Wildman–Crippen MR) is 87.5 cm³/mol. The van der Waals surface area contributed by atoms with Gasteiger partial charge in [0.15, 0.2) is 9.84 Å². The molecule has 8 heteroatoms. The Morgan fingerprint density at radius 2 is 1.74 bits per heavy atom. The van der Waals surface area contributed by atoms with E-state index in [1.54, 1.807) is 30.3 Å². The first-order chi connectivity index (χ1) is 11.0. The number of nitrogens with zero attached hydrogens (tertiary/aromatic N) is 2. The van der Waals surface area contributed by atoms with Crippen molar-refractivity contribution < 1.29 is 13.3 Å². The van der Waals surface area contributed by atoms with Crippen LogP contribution in [0.5, 0.6) is 0 Å². The summed E-state index contributed by atoms with van der Waals surface area (Å²) in [5.41, 5.74) is 0.225. The monoisotopic (exact) mass is 348 g/mol. The molecule has 0 fully saturated rings. The van der Waals surface area contributed by atoms with Gasteiger partial charge in [0.1, 0.15) is 10.3 Å². The number of hydrogen-bond acceptors (Lipinski definition) is 6. The lowest BCUT2D eigenvalue weighted by molar-refractivity contribution is -0.387. The zero-order valence-electron chi connectivity index (χ0n) is 11.8. The van der Waals surface area contributed by atoms with E-state index in [1.807, 2.05) is 5.40 Å². The molecule has 6 nitrogen and oxygen atoms in total. The third-order valence-corrected chi connectivity index (χ3v) is 5.96. The van der Waals surface area contributed by atoms with Gasteiger partial charge in [-0.2, -0.15) is 5.26 Å². The van der Waals surface area contributed by atoms with E-state index in [0.29, 0.717) is 5.56 Å². The molecule has 0 spiro atoms. The molecule has 0 aliphatic heterocycles. The van der Waals surface area contributed by atoms with E-state index >= 15 is 0 Å². The summed E-state index contributed by atoms with van der Waals surface area (Å²) < 4.78 is 25.2. The van der Waals surface area contributed by atoms with Crippen LogP contribution in [0.15, 0.2) is 59.5 Å². The maximum Gasteiger partial charge on any atom is 0.287 e. The minimum Gasteiger partial charge on any atom is -0.258 e. The summed E-state index contributed by atoms with van der Waals surface area (Å²) in [6, 6.07) is 14.0. The van der Waals surface area contributed by atoms with Gasteiger partial charge in [-0.25, -0.2) is 8.42 Å². The first kappa shape index (κ1) is 17.0. The molecule has 118 valence electrons. The molecule has 1 atom stereocenters. The molecule has 0 aromatic heterocycles. The molecule has 0 saturated heterocycles. The van der Waals surface area contributed by atoms with Crippen molar-refractivity contribution in [2.75, 3.05) is 5.75 Å². The van der Waals surface area contributed by atoms with Gasteiger partial charge in [-0.3, -0.25) is 10.1 Å². The summed E-state index contributed by atoms with van der Waals surface area (Å²) in [5, 5.41) is 21.2. The highest BCUT2D eigenvalue weighted by Crippen LogP contribution is 2.33. The molecule has 2 aromatic rings. The van der Waals surface area contributed by atoms with Crippen LogP contribution >= 0.6 is 11.8 Å². The first-order valence-corrected chi connectivity index (χ1v) is 9.05. The van der Waals surface area contributed by atoms with Gasteiger partial charge in [0.25, 0.3) is 5.69 Å². The van der Waals surface area contributed by atoms with Crippen LogP contribution in [-0.2, 0) is 9.84 Å². The van der Waals surface area contributed by atoms with E-state index in [9.17, 15) is 18.5 Å². The largest absolute Gasteiger partial charge is 0.287 e. The van der Waals surface area contributed by atoms with Crippen LogP contribution < -0.4 is 0 Å². The number of benzene rings is 2. The molecule has 0 amide bonds. The van der Waals surface area contributed by atoms with E-state index in [0.717, 1.165) is 17.8 Å². The summed E-state index contributed by atoms with van der Waals surface area (Å²) >= 11 is 0.822. The van der Waals surface area contributed by atoms with E-state index in [-0.39, 0.29) is 10.6 Å². The maximum atomic E-state index is 12.6. The second-order valence-electron chi connectivity index (χ2n) is 4.61. The molecule has 0 radical (unpaired) electrons. The molecule has 0 aliphatic carbocycles. The average molecular weight is 348 g/mol. The second-order valence-corrected chi connectivity index (χ2v) is 7.60. The van der Waals surface area contributed by atoms with Crippen molar-refractivity contribution in [1.82, 2.24) is 0 Å². The Hall–Kier alpha value is -2.37. The highest BCUT2D eigenvalue weighted by atomic mass is 32.2. The van der Waals surface area contributed by atoms with Gasteiger partial charge >= 0.3 is 0 Å². The number of rotatable bonds is 6. The molecule has 2 rings (SSSR count). The molecular weight excluding hydrogens is 336 g/mol. The number of thiocyanates is 1. The van der Waals surface area contributed by atoms with Crippen molar-refractivity contribution in [3.63, 3.8) is 0 Å². The maximum absolute atomic E-state index is 12.6. The molecule has 1 unspecified atom stereocenters. The van der Waals surface area contributed by atoms with Crippen LogP contribution in [0.25, 0.3) is 0 Å². The fraction of sp³-hybridized carbons (Fsp3) is 0.133. The van der Waals surface area contributed by atoms with Gasteiger partial charge < -0.3 is 0 Å². The lowest BCUT2D eigenvalue weighted by Gasteiger charge is -2.13. The number of para-hydroxylation sites is 1. The normalized spacial score (nSPS) is 12.3. The Morgan fingerprint density at radius 1 is 1.13 bits per heavy atom. The number of nitro groups is 1. The van der Waals surface area contributed by atoms with Crippen molar-refractivity contribution in [3.05, 3.63) is 70.3 Å². The fourth-order valence-corrected chi connectivity index (χ4v) is 4.84. The van der Waals surface area contributed by atoms with Gasteiger partial charge in [-0.15, -0.1) is 0 Å². The van der Waals surface area contributed by atoms with E-state index in [1.165, 1.54) is 18.2 Å². The Bertz CT molecular complexity index is 845. The highest BCUT2D eigenvalue weighted by molar-refractivity contribution is 8.04. The summed E-state index contributed by atoms with van der Waals surface area (Å²) in [4.78, 5) is 9.98. The van der Waals surface area contributed by atoms with Crippen molar-refractivity contribution in [2.24, 2.45) is 0 Å². The zero-order valence-corrected chi connectivity index (χ0v) is 13.5. The molecule has 0 N–H and O–H groups in total. The van der Waals surface area contributed by atoms with Crippen molar-refractivity contribution in [3.8, 4) is 5.40 Å². The summed E-state index contributed by atoms with van der Waals surface area (Å²) in [5.74, 6) is -0.389. The molecule has 23 heavy (non-hydrogen) atoms. The number of sulfone groups is 1.